The van der Waals surface area contributed by atoms with Crippen molar-refractivity contribution in [3.8, 4) is 0 Å². The number of hydrogen-bond acceptors (Lipinski definition) is 2. The molecule has 0 aromatic carbocycles. The highest BCUT2D eigenvalue weighted by atomic mass is 16.3. The summed E-state index contributed by atoms with van der Waals surface area (Å²) in [5.41, 5.74) is 1.68. The largest absolute Gasteiger partial charge is 0.396 e. The molecule has 0 bridgehead atoms. The Morgan fingerprint density at radius 3 is 1.66 bits per heavy atom. The summed E-state index contributed by atoms with van der Waals surface area (Å²) in [6, 6.07) is 0. The van der Waals surface area contributed by atoms with E-state index in [-0.39, 0.29) is 22.3 Å². The van der Waals surface area contributed by atoms with Gasteiger partial charge in [0.15, 0.2) is 0 Å². The molecule has 3 saturated carbocycles. The van der Waals surface area contributed by atoms with Gasteiger partial charge in [0.1, 0.15) is 5.78 Å². The second-order valence-corrected chi connectivity index (χ2v) is 8.83. The average Bonchev–Trinajstić information content (AvgIpc) is 2.66. The van der Waals surface area contributed by atoms with Crippen LogP contribution in [0.4, 0.5) is 0 Å². The number of allylic oxidation sites excluding steroid dienone is 2. The summed E-state index contributed by atoms with van der Waals surface area (Å²) in [4.78, 5) is 10.8. The highest BCUT2D eigenvalue weighted by Crippen LogP contribution is 2.29. The first-order chi connectivity index (χ1) is 12.5. The van der Waals surface area contributed by atoms with Gasteiger partial charge in [-0.2, -0.15) is 0 Å². The lowest BCUT2D eigenvalue weighted by Crippen LogP contribution is -2.19. The summed E-state index contributed by atoms with van der Waals surface area (Å²) >= 11 is 0. The topological polar surface area (TPSA) is 37.3 Å². The molecule has 0 radical (unpaired) electrons. The van der Waals surface area contributed by atoms with Gasteiger partial charge in [-0.05, 0) is 63.2 Å². The third-order valence-corrected chi connectivity index (χ3v) is 6.74. The van der Waals surface area contributed by atoms with Crippen LogP contribution in [-0.4, -0.2) is 17.5 Å². The van der Waals surface area contributed by atoms with Crippen molar-refractivity contribution < 1.29 is 9.90 Å². The highest BCUT2D eigenvalue weighted by molar-refractivity contribution is 5.81. The van der Waals surface area contributed by atoms with E-state index < -0.39 is 0 Å². The minimum atomic E-state index is 0. The first-order valence-electron chi connectivity index (χ1n) is 11.3. The molecule has 2 nitrogen and oxygen atoms in total. The third kappa shape index (κ3) is 13.3. The van der Waals surface area contributed by atoms with Gasteiger partial charge in [-0.3, -0.25) is 4.79 Å². The van der Waals surface area contributed by atoms with Crippen LogP contribution >= 0.6 is 0 Å². The normalized spacial score (nSPS) is 30.1. The fraction of sp³-hybridized carbons (Fsp3) is 0.889. The molecule has 0 spiro atoms. The summed E-state index contributed by atoms with van der Waals surface area (Å²) in [5.74, 6) is 3.09. The Labute approximate surface area is 185 Å². The van der Waals surface area contributed by atoms with Gasteiger partial charge in [-0.25, -0.2) is 0 Å². The number of rotatable bonds is 1. The van der Waals surface area contributed by atoms with Gasteiger partial charge < -0.3 is 5.11 Å². The number of Topliss-reactive ketones (excluding diaryl/α,β-unsaturated/α-hetero) is 1. The van der Waals surface area contributed by atoms with E-state index in [1.165, 1.54) is 57.8 Å². The van der Waals surface area contributed by atoms with Crippen LogP contribution in [0, 0.1) is 23.7 Å². The zero-order chi connectivity index (χ0) is 19.4. The van der Waals surface area contributed by atoms with Gasteiger partial charge in [0.25, 0.3) is 0 Å². The molecule has 1 N–H and O–H groups in total. The van der Waals surface area contributed by atoms with Crippen LogP contribution in [0.15, 0.2) is 11.6 Å². The lowest BCUT2D eigenvalue weighted by molar-refractivity contribution is -0.123. The minimum Gasteiger partial charge on any atom is -0.396 e. The molecular formula is C27H56O2. The molecular weight excluding hydrogens is 356 g/mol. The van der Waals surface area contributed by atoms with Crippen molar-refractivity contribution in [3.63, 3.8) is 0 Å². The van der Waals surface area contributed by atoms with E-state index >= 15 is 0 Å². The van der Waals surface area contributed by atoms with E-state index in [0.717, 1.165) is 31.1 Å². The summed E-state index contributed by atoms with van der Waals surface area (Å²) in [7, 11) is 0. The van der Waals surface area contributed by atoms with Crippen molar-refractivity contribution in [1.82, 2.24) is 0 Å². The van der Waals surface area contributed by atoms with Crippen molar-refractivity contribution in [2.75, 3.05) is 6.61 Å². The Morgan fingerprint density at radius 1 is 0.793 bits per heavy atom. The SMILES string of the molecule is C.C.C.C/C=C1\CCCCC1C.CC1CCCCC1=O.CC1CCCCC1CO. The molecule has 176 valence electrons. The minimum absolute atomic E-state index is 0. The van der Waals surface area contributed by atoms with Gasteiger partial charge in [0, 0.05) is 18.9 Å². The molecule has 2 heteroatoms. The van der Waals surface area contributed by atoms with Crippen molar-refractivity contribution >= 4 is 5.78 Å². The van der Waals surface area contributed by atoms with Crippen LogP contribution in [-0.2, 0) is 4.79 Å². The predicted molar refractivity (Wildman–Crippen MR) is 132 cm³/mol. The Bertz CT molecular complexity index is 413. The van der Waals surface area contributed by atoms with E-state index in [4.69, 9.17) is 5.11 Å². The Balaban J connectivity index is -0.000000333. The Hall–Kier alpha value is -0.630. The fourth-order valence-electron chi connectivity index (χ4n) is 4.46. The van der Waals surface area contributed by atoms with E-state index in [1.807, 2.05) is 6.92 Å². The highest BCUT2D eigenvalue weighted by Gasteiger charge is 2.19. The third-order valence-electron chi connectivity index (χ3n) is 6.74. The smallest absolute Gasteiger partial charge is 0.135 e. The fourth-order valence-corrected chi connectivity index (χ4v) is 4.46. The van der Waals surface area contributed by atoms with E-state index in [0.29, 0.717) is 24.2 Å². The number of aliphatic hydroxyl groups excluding tert-OH is 1. The van der Waals surface area contributed by atoms with Crippen molar-refractivity contribution in [1.29, 1.82) is 0 Å². The predicted octanol–water partition coefficient (Wildman–Crippen LogP) is 8.62. The van der Waals surface area contributed by atoms with Crippen molar-refractivity contribution in [2.24, 2.45) is 23.7 Å². The second kappa shape index (κ2) is 19.3. The van der Waals surface area contributed by atoms with Crippen LogP contribution in [0.5, 0.6) is 0 Å². The Kier molecular flexibility index (Phi) is 22.0. The van der Waals surface area contributed by atoms with Crippen LogP contribution in [0.2, 0.25) is 0 Å². The number of carbonyl (C=O) groups is 1. The molecule has 0 saturated heterocycles. The van der Waals surface area contributed by atoms with E-state index in [1.54, 1.807) is 5.57 Å². The molecule has 3 aliphatic rings. The maximum Gasteiger partial charge on any atom is 0.135 e. The molecule has 0 aromatic rings. The van der Waals surface area contributed by atoms with Gasteiger partial charge in [-0.15, -0.1) is 0 Å². The van der Waals surface area contributed by atoms with Crippen molar-refractivity contribution in [3.05, 3.63) is 11.6 Å². The molecule has 0 aliphatic heterocycles. The number of ketones is 1. The molecule has 3 aliphatic carbocycles. The van der Waals surface area contributed by atoms with Gasteiger partial charge in [-0.1, -0.05) is 86.8 Å². The van der Waals surface area contributed by atoms with Crippen LogP contribution < -0.4 is 0 Å². The maximum absolute atomic E-state index is 10.8. The molecule has 3 rings (SSSR count). The number of carbonyl (C=O) groups excluding carboxylic acids is 1. The lowest BCUT2D eigenvalue weighted by atomic mass is 9.81. The summed E-state index contributed by atoms with van der Waals surface area (Å²) < 4.78 is 0. The number of hydrogen-bond donors (Lipinski definition) is 1. The summed E-state index contributed by atoms with van der Waals surface area (Å²) in [5, 5.41) is 8.86. The van der Waals surface area contributed by atoms with Gasteiger partial charge in [0.2, 0.25) is 0 Å². The first kappa shape index (κ1) is 33.0. The molecule has 3 fully saturated rings. The molecule has 29 heavy (non-hydrogen) atoms. The molecule has 0 aromatic heterocycles. The molecule has 4 atom stereocenters. The van der Waals surface area contributed by atoms with Crippen LogP contribution in [0.1, 0.15) is 127 Å². The van der Waals surface area contributed by atoms with Gasteiger partial charge in [0.05, 0.1) is 0 Å². The lowest BCUT2D eigenvalue weighted by Gasteiger charge is -2.26. The van der Waals surface area contributed by atoms with Crippen molar-refractivity contribution in [2.45, 2.75) is 127 Å². The Morgan fingerprint density at radius 2 is 1.31 bits per heavy atom. The zero-order valence-corrected chi connectivity index (χ0v) is 17.9. The summed E-state index contributed by atoms with van der Waals surface area (Å²) in [6.07, 6.45) is 17.6. The van der Waals surface area contributed by atoms with E-state index in [9.17, 15) is 4.79 Å². The number of aliphatic hydroxyl groups is 1. The first-order valence-corrected chi connectivity index (χ1v) is 11.3. The van der Waals surface area contributed by atoms with E-state index in [2.05, 4.69) is 26.8 Å². The monoisotopic (exact) mass is 412 g/mol. The summed E-state index contributed by atoms with van der Waals surface area (Å²) in [6.45, 7) is 9.19. The second-order valence-electron chi connectivity index (χ2n) is 8.83. The molecule has 0 heterocycles. The quantitative estimate of drug-likeness (QED) is 0.437. The average molecular weight is 413 g/mol. The standard InChI is InChI=1S/C9H16.C8H16O.C7H12O.3CH4/c1-3-9-7-5-4-6-8(9)2;1-7-4-2-3-5-8(7)6-9;1-6-4-2-3-5-7(6)8;;;/h3,8H,4-7H2,1-2H3;7-9H,2-6H2,1H3;6H,2-5H2,1H3;3*1H4/b9-3+;;;;;. The van der Waals surface area contributed by atoms with Gasteiger partial charge >= 0.3 is 0 Å². The maximum atomic E-state index is 10.8. The zero-order valence-electron chi connectivity index (χ0n) is 17.9. The molecule has 4 unspecified atom stereocenters. The molecule has 0 amide bonds. The van der Waals surface area contributed by atoms with Crippen LogP contribution in [0.25, 0.3) is 0 Å². The van der Waals surface area contributed by atoms with Crippen LogP contribution in [0.3, 0.4) is 0 Å².